The van der Waals surface area contributed by atoms with Crippen molar-refractivity contribution in [3.05, 3.63) is 53.2 Å². The number of hydrogen-bond acceptors (Lipinski definition) is 5. The molecule has 5 nitrogen and oxygen atoms in total. The van der Waals surface area contributed by atoms with E-state index in [-0.39, 0.29) is 18.0 Å². The van der Waals surface area contributed by atoms with Gasteiger partial charge in [-0.2, -0.15) is 18.3 Å². The Morgan fingerprint density at radius 3 is 2.56 bits per heavy atom. The molecule has 0 atom stereocenters. The summed E-state index contributed by atoms with van der Waals surface area (Å²) in [6, 6.07) is 8.16. The lowest BCUT2D eigenvalue weighted by atomic mass is 10.1. The highest BCUT2D eigenvalue weighted by Gasteiger charge is 2.31. The van der Waals surface area contributed by atoms with E-state index in [0.29, 0.717) is 22.5 Å². The number of phenolic OH excluding ortho intramolecular Hbond substituents is 1. The second-order valence-electron chi connectivity index (χ2n) is 5.68. The molecule has 3 aromatic rings. The molecule has 3 rings (SSSR count). The number of nitrogens with two attached hydrogens (primary N) is 1. The van der Waals surface area contributed by atoms with Gasteiger partial charge in [-0.05, 0) is 48.9 Å². The third kappa shape index (κ3) is 3.57. The smallest absolute Gasteiger partial charge is 0.416 e. The molecule has 0 aliphatic rings. The van der Waals surface area contributed by atoms with Crippen LogP contribution in [0.3, 0.4) is 0 Å². The molecule has 0 fully saturated rings. The normalized spacial score (nSPS) is 11.7. The number of alkyl halides is 3. The molecule has 0 unspecified atom stereocenters. The van der Waals surface area contributed by atoms with Crippen molar-refractivity contribution in [2.24, 2.45) is 0 Å². The number of aromatic nitrogens is 2. The number of halogens is 3. The number of hydrogen-bond donors (Lipinski definition) is 3. The van der Waals surface area contributed by atoms with Crippen molar-refractivity contribution in [1.29, 1.82) is 0 Å². The van der Waals surface area contributed by atoms with E-state index in [9.17, 15) is 18.3 Å². The standard InChI is InChI=1S/C17H15F3N4O/c1-9-14-3-2-13(25)7-15(14)16(24-23-9)22-8-10-4-11(17(18,19)20)6-12(21)5-10/h2-7,25H,8,21H2,1H3,(H,22,24). The molecule has 0 bridgehead atoms. The second kappa shape index (κ2) is 6.12. The van der Waals surface area contributed by atoms with E-state index in [0.717, 1.165) is 17.5 Å². The lowest BCUT2D eigenvalue weighted by molar-refractivity contribution is -0.137. The van der Waals surface area contributed by atoms with Gasteiger partial charge in [0.05, 0.1) is 11.3 Å². The highest BCUT2D eigenvalue weighted by atomic mass is 19.4. The van der Waals surface area contributed by atoms with Gasteiger partial charge >= 0.3 is 6.18 Å². The number of nitrogens with zero attached hydrogens (tertiary/aromatic N) is 2. The summed E-state index contributed by atoms with van der Waals surface area (Å²) in [5.74, 6) is 0.429. The third-order valence-electron chi connectivity index (χ3n) is 3.75. The number of rotatable bonds is 3. The van der Waals surface area contributed by atoms with Gasteiger partial charge in [0.15, 0.2) is 5.82 Å². The predicted molar refractivity (Wildman–Crippen MR) is 89.1 cm³/mol. The molecule has 2 aromatic carbocycles. The number of aromatic hydroxyl groups is 1. The quantitative estimate of drug-likeness (QED) is 0.626. The van der Waals surface area contributed by atoms with Crippen LogP contribution >= 0.6 is 0 Å². The van der Waals surface area contributed by atoms with E-state index in [1.807, 2.05) is 0 Å². The summed E-state index contributed by atoms with van der Waals surface area (Å²) in [6.45, 7) is 1.86. The molecular formula is C17H15F3N4O. The van der Waals surface area contributed by atoms with Crippen molar-refractivity contribution >= 4 is 22.3 Å². The Kier molecular flexibility index (Phi) is 4.12. The molecular weight excluding hydrogens is 333 g/mol. The predicted octanol–water partition coefficient (Wildman–Crippen LogP) is 3.86. The van der Waals surface area contributed by atoms with Crippen LogP contribution in [0.1, 0.15) is 16.8 Å². The van der Waals surface area contributed by atoms with Crippen molar-refractivity contribution in [3.63, 3.8) is 0 Å². The molecule has 0 aliphatic heterocycles. The largest absolute Gasteiger partial charge is 0.508 e. The van der Waals surface area contributed by atoms with Gasteiger partial charge in [-0.25, -0.2) is 0 Å². The van der Waals surface area contributed by atoms with Crippen molar-refractivity contribution < 1.29 is 18.3 Å². The van der Waals surface area contributed by atoms with Crippen LogP contribution in [0.15, 0.2) is 36.4 Å². The van der Waals surface area contributed by atoms with Crippen molar-refractivity contribution in [3.8, 4) is 5.75 Å². The van der Waals surface area contributed by atoms with Crippen LogP contribution in [0.25, 0.3) is 10.8 Å². The van der Waals surface area contributed by atoms with Gasteiger partial charge in [0, 0.05) is 23.0 Å². The Morgan fingerprint density at radius 2 is 1.84 bits per heavy atom. The van der Waals surface area contributed by atoms with E-state index in [4.69, 9.17) is 5.73 Å². The first-order valence-electron chi connectivity index (χ1n) is 7.40. The number of fused-ring (bicyclic) bond motifs is 1. The highest BCUT2D eigenvalue weighted by molar-refractivity contribution is 5.93. The Hall–Kier alpha value is -3.03. The molecule has 1 heterocycles. The Morgan fingerprint density at radius 1 is 1.08 bits per heavy atom. The van der Waals surface area contributed by atoms with Crippen molar-refractivity contribution in [2.45, 2.75) is 19.6 Å². The number of anilines is 2. The summed E-state index contributed by atoms with van der Waals surface area (Å²) in [6.07, 6.45) is -4.47. The summed E-state index contributed by atoms with van der Waals surface area (Å²) >= 11 is 0. The molecule has 0 saturated heterocycles. The summed E-state index contributed by atoms with van der Waals surface area (Å²) in [4.78, 5) is 0. The van der Waals surface area contributed by atoms with Crippen molar-refractivity contribution in [2.75, 3.05) is 11.1 Å². The number of aryl methyl sites for hydroxylation is 1. The molecule has 0 saturated carbocycles. The van der Waals surface area contributed by atoms with E-state index >= 15 is 0 Å². The van der Waals surface area contributed by atoms with Crippen LogP contribution in [0, 0.1) is 6.92 Å². The second-order valence-corrected chi connectivity index (χ2v) is 5.68. The molecule has 0 spiro atoms. The number of phenols is 1. The Labute approximate surface area is 141 Å². The van der Waals surface area contributed by atoms with Crippen LogP contribution in [-0.4, -0.2) is 15.3 Å². The van der Waals surface area contributed by atoms with Crippen LogP contribution in [0.2, 0.25) is 0 Å². The van der Waals surface area contributed by atoms with Crippen LogP contribution < -0.4 is 11.1 Å². The average molecular weight is 348 g/mol. The summed E-state index contributed by atoms with van der Waals surface area (Å²) in [5.41, 5.74) is 5.84. The number of benzene rings is 2. The van der Waals surface area contributed by atoms with E-state index < -0.39 is 11.7 Å². The lowest BCUT2D eigenvalue weighted by Crippen LogP contribution is -2.09. The molecule has 4 N–H and O–H groups in total. The number of nitrogens with one attached hydrogen (secondary N) is 1. The molecule has 1 aromatic heterocycles. The zero-order valence-corrected chi connectivity index (χ0v) is 13.2. The topological polar surface area (TPSA) is 84.1 Å². The third-order valence-corrected chi connectivity index (χ3v) is 3.75. The summed E-state index contributed by atoms with van der Waals surface area (Å²) in [5, 5.41) is 22.1. The zero-order chi connectivity index (χ0) is 18.2. The molecule has 130 valence electrons. The molecule has 0 amide bonds. The minimum Gasteiger partial charge on any atom is -0.508 e. The van der Waals surface area contributed by atoms with Gasteiger partial charge in [-0.1, -0.05) is 0 Å². The van der Waals surface area contributed by atoms with Gasteiger partial charge in [0.1, 0.15) is 5.75 Å². The number of nitrogen functional groups attached to an aromatic ring is 1. The molecule has 0 aliphatic carbocycles. The lowest BCUT2D eigenvalue weighted by Gasteiger charge is -2.13. The first kappa shape index (κ1) is 16.8. The molecule has 8 heteroatoms. The Bertz CT molecular complexity index is 941. The van der Waals surface area contributed by atoms with Crippen LogP contribution in [0.4, 0.5) is 24.7 Å². The minimum atomic E-state index is -4.47. The monoisotopic (exact) mass is 348 g/mol. The molecule has 25 heavy (non-hydrogen) atoms. The van der Waals surface area contributed by atoms with Gasteiger partial charge < -0.3 is 16.2 Å². The average Bonchev–Trinajstić information content (AvgIpc) is 2.53. The fourth-order valence-corrected chi connectivity index (χ4v) is 2.58. The first-order chi connectivity index (χ1) is 11.7. The van der Waals surface area contributed by atoms with Gasteiger partial charge in [-0.15, -0.1) is 5.10 Å². The van der Waals surface area contributed by atoms with Crippen LogP contribution in [-0.2, 0) is 12.7 Å². The Balaban J connectivity index is 1.92. The van der Waals surface area contributed by atoms with Gasteiger partial charge in [-0.3, -0.25) is 0 Å². The molecule has 0 radical (unpaired) electrons. The maximum Gasteiger partial charge on any atom is 0.416 e. The summed E-state index contributed by atoms with van der Waals surface area (Å²) < 4.78 is 38.6. The van der Waals surface area contributed by atoms with E-state index in [2.05, 4.69) is 15.5 Å². The van der Waals surface area contributed by atoms with Gasteiger partial charge in [0.2, 0.25) is 0 Å². The maximum absolute atomic E-state index is 12.9. The maximum atomic E-state index is 12.9. The SMILES string of the molecule is Cc1nnc(NCc2cc(N)cc(C(F)(F)F)c2)c2cc(O)ccc12. The highest BCUT2D eigenvalue weighted by Crippen LogP contribution is 2.32. The summed E-state index contributed by atoms with van der Waals surface area (Å²) in [7, 11) is 0. The first-order valence-corrected chi connectivity index (χ1v) is 7.40. The van der Waals surface area contributed by atoms with E-state index in [1.165, 1.54) is 18.2 Å². The minimum absolute atomic E-state index is 0.0316. The fraction of sp³-hybridized carbons (Fsp3) is 0.176. The van der Waals surface area contributed by atoms with E-state index in [1.54, 1.807) is 13.0 Å². The van der Waals surface area contributed by atoms with Gasteiger partial charge in [0.25, 0.3) is 0 Å². The van der Waals surface area contributed by atoms with Crippen molar-refractivity contribution in [1.82, 2.24) is 10.2 Å². The zero-order valence-electron chi connectivity index (χ0n) is 13.2. The van der Waals surface area contributed by atoms with Crippen LogP contribution in [0.5, 0.6) is 5.75 Å². The fourth-order valence-electron chi connectivity index (χ4n) is 2.58.